The average Bonchev–Trinajstić information content (AvgIpc) is 2.91. The fourth-order valence-corrected chi connectivity index (χ4v) is 2.39. The maximum atomic E-state index is 13.7. The monoisotopic (exact) mass is 275 g/mol. The summed E-state index contributed by atoms with van der Waals surface area (Å²) < 4.78 is 15.4. The van der Waals surface area contributed by atoms with Gasteiger partial charge in [0.2, 0.25) is 0 Å². The van der Waals surface area contributed by atoms with E-state index in [9.17, 15) is 4.39 Å². The van der Waals surface area contributed by atoms with Gasteiger partial charge in [0.05, 0.1) is 17.6 Å². The Labute approximate surface area is 117 Å². The standard InChI is InChI=1S/C14H18FN5/c1-11-2-3-12(8-14(11)15)20-13(9-17-18-20)10-19-6-4-16-5-7-19/h2-3,8-9,16H,4-7,10H2,1H3. The number of nitrogens with zero attached hydrogens (tertiary/aromatic N) is 4. The SMILES string of the molecule is Cc1ccc(-n2nncc2CN2CCNCC2)cc1F. The fraction of sp³-hybridized carbons (Fsp3) is 0.429. The number of rotatable bonds is 3. The molecule has 0 amide bonds. The molecule has 0 aliphatic carbocycles. The minimum atomic E-state index is -0.217. The van der Waals surface area contributed by atoms with E-state index in [1.165, 1.54) is 6.07 Å². The Morgan fingerprint density at radius 1 is 1.30 bits per heavy atom. The van der Waals surface area contributed by atoms with Crippen LogP contribution in [-0.2, 0) is 6.54 Å². The van der Waals surface area contributed by atoms with Gasteiger partial charge in [0.15, 0.2) is 0 Å². The van der Waals surface area contributed by atoms with E-state index < -0.39 is 0 Å². The normalized spacial score (nSPS) is 16.5. The van der Waals surface area contributed by atoms with Gasteiger partial charge in [0.1, 0.15) is 5.82 Å². The molecule has 6 heteroatoms. The van der Waals surface area contributed by atoms with Gasteiger partial charge in [-0.25, -0.2) is 9.07 Å². The van der Waals surface area contributed by atoms with Crippen LogP contribution in [0.3, 0.4) is 0 Å². The highest BCUT2D eigenvalue weighted by molar-refractivity contribution is 5.35. The second-order valence-electron chi connectivity index (χ2n) is 5.10. The number of hydrogen-bond acceptors (Lipinski definition) is 4. The fourth-order valence-electron chi connectivity index (χ4n) is 2.39. The quantitative estimate of drug-likeness (QED) is 0.912. The predicted molar refractivity (Wildman–Crippen MR) is 74.2 cm³/mol. The summed E-state index contributed by atoms with van der Waals surface area (Å²) in [7, 11) is 0. The summed E-state index contributed by atoms with van der Waals surface area (Å²) in [4.78, 5) is 2.34. The Balaban J connectivity index is 1.83. The zero-order valence-corrected chi connectivity index (χ0v) is 11.5. The third-order valence-corrected chi connectivity index (χ3v) is 3.62. The van der Waals surface area contributed by atoms with Gasteiger partial charge < -0.3 is 5.32 Å². The van der Waals surface area contributed by atoms with Crippen molar-refractivity contribution in [1.29, 1.82) is 0 Å². The minimum Gasteiger partial charge on any atom is -0.314 e. The van der Waals surface area contributed by atoms with Gasteiger partial charge in [-0.3, -0.25) is 4.90 Å². The number of hydrogen-bond donors (Lipinski definition) is 1. The first-order valence-corrected chi connectivity index (χ1v) is 6.83. The number of aromatic nitrogens is 3. The molecule has 0 atom stereocenters. The molecule has 1 N–H and O–H groups in total. The molecule has 0 saturated carbocycles. The molecular weight excluding hydrogens is 257 g/mol. The molecule has 0 radical (unpaired) electrons. The molecule has 1 fully saturated rings. The van der Waals surface area contributed by atoms with Crippen molar-refractivity contribution in [3.8, 4) is 5.69 Å². The van der Waals surface area contributed by atoms with Crippen LogP contribution in [0.5, 0.6) is 0 Å². The highest BCUT2D eigenvalue weighted by Gasteiger charge is 2.14. The van der Waals surface area contributed by atoms with Gasteiger partial charge in [-0.15, -0.1) is 5.10 Å². The van der Waals surface area contributed by atoms with Crippen molar-refractivity contribution < 1.29 is 4.39 Å². The lowest BCUT2D eigenvalue weighted by atomic mass is 10.2. The van der Waals surface area contributed by atoms with Crippen LogP contribution in [0, 0.1) is 12.7 Å². The van der Waals surface area contributed by atoms with E-state index in [0.29, 0.717) is 5.56 Å². The molecule has 1 aromatic heterocycles. The van der Waals surface area contributed by atoms with Gasteiger partial charge in [-0.1, -0.05) is 11.3 Å². The molecule has 0 unspecified atom stereocenters. The molecular formula is C14H18FN5. The van der Waals surface area contributed by atoms with Gasteiger partial charge in [-0.2, -0.15) is 0 Å². The summed E-state index contributed by atoms with van der Waals surface area (Å²) in [5.41, 5.74) is 2.34. The maximum absolute atomic E-state index is 13.7. The van der Waals surface area contributed by atoms with E-state index in [1.807, 2.05) is 6.07 Å². The molecule has 0 spiro atoms. The summed E-state index contributed by atoms with van der Waals surface area (Å²) in [6, 6.07) is 5.14. The molecule has 1 aliphatic heterocycles. The smallest absolute Gasteiger partial charge is 0.128 e. The third-order valence-electron chi connectivity index (χ3n) is 3.62. The summed E-state index contributed by atoms with van der Waals surface area (Å²) >= 11 is 0. The summed E-state index contributed by atoms with van der Waals surface area (Å²) in [5.74, 6) is -0.217. The molecule has 1 aromatic carbocycles. The van der Waals surface area contributed by atoms with E-state index in [2.05, 4.69) is 20.5 Å². The molecule has 5 nitrogen and oxygen atoms in total. The summed E-state index contributed by atoms with van der Waals surface area (Å²) in [5, 5.41) is 11.4. The largest absolute Gasteiger partial charge is 0.314 e. The van der Waals surface area contributed by atoms with Gasteiger partial charge in [-0.05, 0) is 24.6 Å². The number of benzene rings is 1. The Hall–Kier alpha value is -1.79. The van der Waals surface area contributed by atoms with E-state index >= 15 is 0 Å². The topological polar surface area (TPSA) is 46.0 Å². The zero-order chi connectivity index (χ0) is 13.9. The molecule has 0 bridgehead atoms. The minimum absolute atomic E-state index is 0.217. The summed E-state index contributed by atoms with van der Waals surface area (Å²) in [6.07, 6.45) is 1.75. The first kappa shape index (κ1) is 13.2. The van der Waals surface area contributed by atoms with Crippen molar-refractivity contribution in [3.05, 3.63) is 41.5 Å². The van der Waals surface area contributed by atoms with E-state index in [-0.39, 0.29) is 5.82 Å². The van der Waals surface area contributed by atoms with Crippen molar-refractivity contribution in [2.75, 3.05) is 26.2 Å². The van der Waals surface area contributed by atoms with Crippen LogP contribution in [0.2, 0.25) is 0 Å². The van der Waals surface area contributed by atoms with Crippen LogP contribution < -0.4 is 5.32 Å². The number of nitrogens with one attached hydrogen (secondary N) is 1. The molecule has 106 valence electrons. The first-order valence-electron chi connectivity index (χ1n) is 6.83. The van der Waals surface area contributed by atoms with Crippen LogP contribution in [0.15, 0.2) is 24.4 Å². The maximum Gasteiger partial charge on any atom is 0.128 e. The van der Waals surface area contributed by atoms with Crippen LogP contribution in [0.1, 0.15) is 11.3 Å². The predicted octanol–water partition coefficient (Wildman–Crippen LogP) is 1.12. The van der Waals surface area contributed by atoms with Crippen molar-refractivity contribution in [2.45, 2.75) is 13.5 Å². The Bertz CT molecular complexity index is 589. The van der Waals surface area contributed by atoms with Crippen LogP contribution >= 0.6 is 0 Å². The Morgan fingerprint density at radius 3 is 2.85 bits per heavy atom. The van der Waals surface area contributed by atoms with Crippen molar-refractivity contribution in [2.24, 2.45) is 0 Å². The van der Waals surface area contributed by atoms with Gasteiger partial charge >= 0.3 is 0 Å². The first-order chi connectivity index (χ1) is 9.74. The molecule has 20 heavy (non-hydrogen) atoms. The van der Waals surface area contributed by atoms with Crippen LogP contribution in [0.25, 0.3) is 5.69 Å². The van der Waals surface area contributed by atoms with Gasteiger partial charge in [0, 0.05) is 32.7 Å². The lowest BCUT2D eigenvalue weighted by Crippen LogP contribution is -2.43. The molecule has 1 aliphatic rings. The second-order valence-corrected chi connectivity index (χ2v) is 5.10. The van der Waals surface area contributed by atoms with E-state index in [0.717, 1.165) is 44.1 Å². The highest BCUT2D eigenvalue weighted by Crippen LogP contribution is 2.15. The zero-order valence-electron chi connectivity index (χ0n) is 11.5. The number of halogens is 1. The molecule has 3 rings (SSSR count). The number of piperazine rings is 1. The summed E-state index contributed by atoms with van der Waals surface area (Å²) in [6.45, 7) is 6.55. The van der Waals surface area contributed by atoms with Crippen molar-refractivity contribution >= 4 is 0 Å². The lowest BCUT2D eigenvalue weighted by molar-refractivity contribution is 0.229. The van der Waals surface area contributed by atoms with Crippen molar-refractivity contribution in [1.82, 2.24) is 25.2 Å². The second kappa shape index (κ2) is 5.68. The molecule has 1 saturated heterocycles. The Kier molecular flexibility index (Phi) is 3.75. The Morgan fingerprint density at radius 2 is 2.10 bits per heavy atom. The highest BCUT2D eigenvalue weighted by atomic mass is 19.1. The van der Waals surface area contributed by atoms with E-state index in [1.54, 1.807) is 23.9 Å². The lowest BCUT2D eigenvalue weighted by Gasteiger charge is -2.26. The number of aryl methyl sites for hydroxylation is 1. The van der Waals surface area contributed by atoms with Crippen LogP contribution in [0.4, 0.5) is 4.39 Å². The van der Waals surface area contributed by atoms with Crippen molar-refractivity contribution in [3.63, 3.8) is 0 Å². The van der Waals surface area contributed by atoms with Crippen LogP contribution in [-0.4, -0.2) is 46.1 Å². The van der Waals surface area contributed by atoms with E-state index in [4.69, 9.17) is 0 Å². The average molecular weight is 275 g/mol. The molecule has 2 heterocycles. The third kappa shape index (κ3) is 2.71. The molecule has 2 aromatic rings. The van der Waals surface area contributed by atoms with Gasteiger partial charge in [0.25, 0.3) is 0 Å².